The second-order valence-corrected chi connectivity index (χ2v) is 7.31. The zero-order valence-corrected chi connectivity index (χ0v) is 16.7. The van der Waals surface area contributed by atoms with Crippen LogP contribution in [0, 0.1) is 5.82 Å². The van der Waals surface area contributed by atoms with Gasteiger partial charge in [-0.1, -0.05) is 11.6 Å². The summed E-state index contributed by atoms with van der Waals surface area (Å²) in [6, 6.07) is 1.16. The van der Waals surface area contributed by atoms with Gasteiger partial charge in [-0.15, -0.1) is 0 Å². The van der Waals surface area contributed by atoms with Crippen molar-refractivity contribution >= 4 is 34.4 Å². The first kappa shape index (κ1) is 19.4. The van der Waals surface area contributed by atoms with E-state index in [0.29, 0.717) is 46.9 Å². The fourth-order valence-corrected chi connectivity index (χ4v) is 3.95. The summed E-state index contributed by atoms with van der Waals surface area (Å²) in [6.45, 7) is 4.37. The SMILES string of the molecule is CCOc1c([C@H](C)n2ncc3c(N)ncnc32)cc(Cl)c(F)c1[C@@H]1CNC(=O)C1. The van der Waals surface area contributed by atoms with Crippen LogP contribution < -0.4 is 15.8 Å². The topological polar surface area (TPSA) is 108 Å². The quantitative estimate of drug-likeness (QED) is 0.659. The molecule has 8 nitrogen and oxygen atoms in total. The van der Waals surface area contributed by atoms with Gasteiger partial charge >= 0.3 is 0 Å². The van der Waals surface area contributed by atoms with Crippen LogP contribution in [0.15, 0.2) is 18.6 Å². The van der Waals surface area contributed by atoms with Crippen LogP contribution in [0.3, 0.4) is 0 Å². The molecule has 2 atom stereocenters. The molecule has 1 aliphatic heterocycles. The Kier molecular flexibility index (Phi) is 4.99. The fourth-order valence-electron chi connectivity index (χ4n) is 3.73. The summed E-state index contributed by atoms with van der Waals surface area (Å²) in [6.07, 6.45) is 3.14. The average Bonchev–Trinajstić information content (AvgIpc) is 3.31. The molecule has 0 radical (unpaired) electrons. The van der Waals surface area contributed by atoms with E-state index in [9.17, 15) is 4.79 Å². The van der Waals surface area contributed by atoms with Gasteiger partial charge in [0.15, 0.2) is 5.65 Å². The van der Waals surface area contributed by atoms with Crippen LogP contribution in [0.25, 0.3) is 11.0 Å². The highest BCUT2D eigenvalue weighted by molar-refractivity contribution is 6.31. The molecule has 29 heavy (non-hydrogen) atoms. The average molecular weight is 419 g/mol. The summed E-state index contributed by atoms with van der Waals surface area (Å²) in [4.78, 5) is 20.0. The number of amides is 1. The lowest BCUT2D eigenvalue weighted by Crippen LogP contribution is -2.16. The number of aromatic nitrogens is 4. The number of nitrogens with two attached hydrogens (primary N) is 1. The minimum absolute atomic E-state index is 0.0322. The first-order chi connectivity index (χ1) is 13.9. The maximum absolute atomic E-state index is 15.0. The Morgan fingerprint density at radius 2 is 2.28 bits per heavy atom. The number of carbonyl (C=O) groups is 1. The predicted octanol–water partition coefficient (Wildman–Crippen LogP) is 2.81. The summed E-state index contributed by atoms with van der Waals surface area (Å²) < 4.78 is 22.6. The van der Waals surface area contributed by atoms with E-state index < -0.39 is 5.82 Å². The molecule has 3 N–H and O–H groups in total. The number of benzene rings is 1. The summed E-state index contributed by atoms with van der Waals surface area (Å²) in [7, 11) is 0. The van der Waals surface area contributed by atoms with Crippen LogP contribution in [0.2, 0.25) is 5.02 Å². The molecule has 3 aromatic rings. The van der Waals surface area contributed by atoms with E-state index >= 15 is 4.39 Å². The molecule has 3 heterocycles. The van der Waals surface area contributed by atoms with Crippen molar-refractivity contribution in [3.63, 3.8) is 0 Å². The molecule has 4 rings (SSSR count). The van der Waals surface area contributed by atoms with Gasteiger partial charge in [-0.05, 0) is 19.9 Å². The van der Waals surface area contributed by atoms with Crippen LogP contribution in [0.4, 0.5) is 10.2 Å². The lowest BCUT2D eigenvalue weighted by atomic mass is 9.92. The van der Waals surface area contributed by atoms with Gasteiger partial charge in [0, 0.05) is 30.0 Å². The Hall–Kier alpha value is -2.94. The molecule has 1 aromatic carbocycles. The highest BCUT2D eigenvalue weighted by Crippen LogP contribution is 2.42. The lowest BCUT2D eigenvalue weighted by Gasteiger charge is -2.23. The van der Waals surface area contributed by atoms with Crippen molar-refractivity contribution in [3.05, 3.63) is 40.6 Å². The van der Waals surface area contributed by atoms with E-state index in [1.54, 1.807) is 10.9 Å². The van der Waals surface area contributed by atoms with Crippen molar-refractivity contribution in [1.82, 2.24) is 25.1 Å². The van der Waals surface area contributed by atoms with E-state index in [1.807, 2.05) is 13.8 Å². The number of hydrogen-bond donors (Lipinski definition) is 2. The minimum Gasteiger partial charge on any atom is -0.493 e. The van der Waals surface area contributed by atoms with Gasteiger partial charge in [-0.3, -0.25) is 4.79 Å². The van der Waals surface area contributed by atoms with Crippen molar-refractivity contribution in [1.29, 1.82) is 0 Å². The van der Waals surface area contributed by atoms with Crippen molar-refractivity contribution in [2.24, 2.45) is 0 Å². The largest absolute Gasteiger partial charge is 0.493 e. The van der Waals surface area contributed by atoms with Crippen LogP contribution in [-0.4, -0.2) is 38.8 Å². The number of anilines is 1. The molecule has 2 aromatic heterocycles. The van der Waals surface area contributed by atoms with E-state index in [1.165, 1.54) is 12.4 Å². The molecule has 1 saturated heterocycles. The zero-order chi connectivity index (χ0) is 20.7. The van der Waals surface area contributed by atoms with Crippen molar-refractivity contribution in [2.45, 2.75) is 32.2 Å². The van der Waals surface area contributed by atoms with E-state index in [-0.39, 0.29) is 29.3 Å². The number of halogens is 2. The predicted molar refractivity (Wildman–Crippen MR) is 106 cm³/mol. The Morgan fingerprint density at radius 3 is 2.97 bits per heavy atom. The molecule has 1 amide bonds. The molecule has 1 aliphatic rings. The van der Waals surface area contributed by atoms with Crippen LogP contribution in [-0.2, 0) is 4.79 Å². The first-order valence-corrected chi connectivity index (χ1v) is 9.65. The normalized spacial score (nSPS) is 17.5. The van der Waals surface area contributed by atoms with Gasteiger partial charge in [0.2, 0.25) is 5.91 Å². The molecular weight excluding hydrogens is 399 g/mol. The number of fused-ring (bicyclic) bond motifs is 1. The number of nitrogen functional groups attached to an aromatic ring is 1. The summed E-state index contributed by atoms with van der Waals surface area (Å²) >= 11 is 6.24. The van der Waals surface area contributed by atoms with Gasteiger partial charge in [0.1, 0.15) is 23.7 Å². The molecule has 1 fully saturated rings. The standard InChI is InChI=1S/C19H20ClFN6O2/c1-3-29-17-11(5-13(20)16(21)15(17)10-4-14(28)23-6-10)9(2)27-19-12(7-26-27)18(22)24-8-25-19/h5,7-10H,3-4,6H2,1-2H3,(H,23,28)(H2,22,24,25)/t9-,10-/m0/s1. The van der Waals surface area contributed by atoms with E-state index in [4.69, 9.17) is 22.1 Å². The molecule has 10 heteroatoms. The number of carbonyl (C=O) groups excluding carboxylic acids is 1. The smallest absolute Gasteiger partial charge is 0.220 e. The molecule has 0 unspecified atom stereocenters. The second kappa shape index (κ2) is 7.47. The van der Waals surface area contributed by atoms with Gasteiger partial charge in [-0.2, -0.15) is 5.10 Å². The van der Waals surface area contributed by atoms with Crippen molar-refractivity contribution < 1.29 is 13.9 Å². The lowest BCUT2D eigenvalue weighted by molar-refractivity contribution is -0.119. The summed E-state index contributed by atoms with van der Waals surface area (Å²) in [5.41, 5.74) is 7.42. The fraction of sp³-hybridized carbons (Fsp3) is 0.368. The second-order valence-electron chi connectivity index (χ2n) is 6.90. The Bertz CT molecular complexity index is 1100. The van der Waals surface area contributed by atoms with Gasteiger partial charge in [-0.25, -0.2) is 19.0 Å². The third-order valence-electron chi connectivity index (χ3n) is 5.15. The van der Waals surface area contributed by atoms with E-state index in [0.717, 1.165) is 0 Å². The summed E-state index contributed by atoms with van der Waals surface area (Å²) in [5, 5.41) is 7.73. The Labute approximate surface area is 171 Å². The Morgan fingerprint density at radius 1 is 1.48 bits per heavy atom. The third-order valence-corrected chi connectivity index (χ3v) is 5.42. The van der Waals surface area contributed by atoms with Crippen molar-refractivity contribution in [2.75, 3.05) is 18.9 Å². The molecule has 152 valence electrons. The van der Waals surface area contributed by atoms with Gasteiger partial charge in [0.05, 0.1) is 29.3 Å². The van der Waals surface area contributed by atoms with E-state index in [2.05, 4.69) is 20.4 Å². The van der Waals surface area contributed by atoms with Gasteiger partial charge < -0.3 is 15.8 Å². The number of hydrogen-bond acceptors (Lipinski definition) is 6. The minimum atomic E-state index is -0.565. The highest BCUT2D eigenvalue weighted by Gasteiger charge is 2.33. The van der Waals surface area contributed by atoms with Gasteiger partial charge in [0.25, 0.3) is 0 Å². The summed E-state index contributed by atoms with van der Waals surface area (Å²) in [5.74, 6) is -0.344. The van der Waals surface area contributed by atoms with Crippen LogP contribution >= 0.6 is 11.6 Å². The first-order valence-electron chi connectivity index (χ1n) is 9.27. The number of nitrogens with one attached hydrogen (secondary N) is 1. The molecular formula is C19H20ClFN6O2. The van der Waals surface area contributed by atoms with Crippen molar-refractivity contribution in [3.8, 4) is 5.75 Å². The van der Waals surface area contributed by atoms with Crippen LogP contribution in [0.5, 0.6) is 5.75 Å². The number of nitrogens with zero attached hydrogens (tertiary/aromatic N) is 4. The Balaban J connectivity index is 1.89. The monoisotopic (exact) mass is 418 g/mol. The maximum Gasteiger partial charge on any atom is 0.220 e. The number of rotatable bonds is 5. The molecule has 0 saturated carbocycles. The molecule has 0 spiro atoms. The third kappa shape index (κ3) is 3.25. The van der Waals surface area contributed by atoms with Crippen LogP contribution in [0.1, 0.15) is 43.4 Å². The molecule has 0 bridgehead atoms. The number of ether oxygens (including phenoxy) is 1. The maximum atomic E-state index is 15.0. The zero-order valence-electron chi connectivity index (χ0n) is 15.9. The highest BCUT2D eigenvalue weighted by atomic mass is 35.5. The molecule has 0 aliphatic carbocycles.